The third kappa shape index (κ3) is 5.73. The predicted octanol–water partition coefficient (Wildman–Crippen LogP) is 0.751. The van der Waals surface area contributed by atoms with Gasteiger partial charge in [-0.3, -0.25) is 14.9 Å². The summed E-state index contributed by atoms with van der Waals surface area (Å²) in [6, 6.07) is 5.89. The molecule has 0 radical (unpaired) electrons. The van der Waals surface area contributed by atoms with E-state index in [1.54, 1.807) is 12.1 Å². The Labute approximate surface area is 111 Å². The van der Waals surface area contributed by atoms with Gasteiger partial charge in [0.2, 0.25) is 0 Å². The number of likely N-dealkylation sites (N-methyl/N-ethyl adjacent to an activating group) is 1. The van der Waals surface area contributed by atoms with Crippen molar-refractivity contribution < 1.29 is 14.2 Å². The van der Waals surface area contributed by atoms with Crippen molar-refractivity contribution in [3.63, 3.8) is 0 Å². The Kier molecular flexibility index (Phi) is 4.71. The largest absolute Gasteiger partial charge is 0.323 e. The zero-order valence-corrected chi connectivity index (χ0v) is 11.2. The minimum absolute atomic E-state index is 0.0196. The molecule has 0 aromatic heterocycles. The van der Waals surface area contributed by atoms with Crippen LogP contribution in [0.3, 0.4) is 0 Å². The number of rotatable bonds is 5. The van der Waals surface area contributed by atoms with Gasteiger partial charge in [0.25, 0.3) is 11.6 Å². The number of quaternary nitrogens is 1. The average molecular weight is 265 g/mol. The number of hydrogen-bond acceptors (Lipinski definition) is 4. The van der Waals surface area contributed by atoms with Gasteiger partial charge in [-0.2, -0.15) is 5.10 Å². The lowest BCUT2D eigenvalue weighted by Gasteiger charge is -2.21. The predicted molar refractivity (Wildman–Crippen MR) is 71.7 cm³/mol. The maximum atomic E-state index is 11.5. The van der Waals surface area contributed by atoms with Crippen LogP contribution in [0.5, 0.6) is 0 Å². The monoisotopic (exact) mass is 265 g/mol. The number of nitro benzene ring substituents is 1. The molecule has 0 spiro atoms. The summed E-state index contributed by atoms with van der Waals surface area (Å²) in [7, 11) is 5.71. The first-order valence-corrected chi connectivity index (χ1v) is 5.65. The van der Waals surface area contributed by atoms with Crippen LogP contribution in [0, 0.1) is 10.1 Å². The van der Waals surface area contributed by atoms with Gasteiger partial charge < -0.3 is 4.48 Å². The molecule has 7 nitrogen and oxygen atoms in total. The van der Waals surface area contributed by atoms with Crippen molar-refractivity contribution in [1.82, 2.24) is 5.43 Å². The number of carbonyl (C=O) groups excluding carboxylic acids is 1. The van der Waals surface area contributed by atoms with Crippen molar-refractivity contribution in [3.8, 4) is 0 Å². The zero-order chi connectivity index (χ0) is 14.5. The van der Waals surface area contributed by atoms with Crippen molar-refractivity contribution in [3.05, 3.63) is 39.9 Å². The van der Waals surface area contributed by atoms with Crippen LogP contribution in [0.1, 0.15) is 5.56 Å². The van der Waals surface area contributed by atoms with Gasteiger partial charge in [0.1, 0.15) is 0 Å². The molecule has 0 atom stereocenters. The van der Waals surface area contributed by atoms with Gasteiger partial charge in [0.05, 0.1) is 32.3 Å². The van der Waals surface area contributed by atoms with Gasteiger partial charge in [0.15, 0.2) is 6.54 Å². The van der Waals surface area contributed by atoms with E-state index >= 15 is 0 Å². The Morgan fingerprint density at radius 1 is 1.37 bits per heavy atom. The maximum absolute atomic E-state index is 11.5. The first kappa shape index (κ1) is 14.8. The standard InChI is InChI=1S/C12H16N4O3/c1-16(2,3)9-12(17)14-13-8-10-4-6-11(7-5-10)15(18)19/h4-8H,9H2,1-3H3/p+1/b13-8+. The molecule has 0 saturated heterocycles. The molecular formula is C12H17N4O3+. The second-order valence-corrected chi connectivity index (χ2v) is 5.09. The number of nitrogens with one attached hydrogen (secondary N) is 1. The normalized spacial score (nSPS) is 11.5. The van der Waals surface area contributed by atoms with E-state index in [0.29, 0.717) is 16.6 Å². The Bertz CT molecular complexity index is 489. The average Bonchev–Trinajstić information content (AvgIpc) is 2.27. The lowest BCUT2D eigenvalue weighted by molar-refractivity contribution is -0.862. The van der Waals surface area contributed by atoms with Crippen LogP contribution < -0.4 is 5.43 Å². The molecular weight excluding hydrogens is 248 g/mol. The first-order valence-electron chi connectivity index (χ1n) is 5.65. The molecule has 7 heteroatoms. The van der Waals surface area contributed by atoms with Crippen molar-refractivity contribution >= 4 is 17.8 Å². The summed E-state index contributed by atoms with van der Waals surface area (Å²) in [5.74, 6) is -0.189. The SMILES string of the molecule is C[N+](C)(C)CC(=O)N/N=C/c1ccc([N+](=O)[O-])cc1. The maximum Gasteiger partial charge on any atom is 0.295 e. The molecule has 1 rings (SSSR count). The number of hydrogen-bond donors (Lipinski definition) is 1. The molecule has 0 aliphatic carbocycles. The first-order chi connectivity index (χ1) is 8.78. The topological polar surface area (TPSA) is 84.6 Å². The van der Waals surface area contributed by atoms with Crippen molar-refractivity contribution in [2.45, 2.75) is 0 Å². The molecule has 0 aliphatic rings. The minimum atomic E-state index is -0.468. The Balaban J connectivity index is 2.53. The fraction of sp³-hybridized carbons (Fsp3) is 0.333. The van der Waals surface area contributed by atoms with Gasteiger partial charge in [-0.1, -0.05) is 0 Å². The Morgan fingerprint density at radius 3 is 2.42 bits per heavy atom. The van der Waals surface area contributed by atoms with Crippen LogP contribution in [0.4, 0.5) is 5.69 Å². The molecule has 0 fully saturated rings. The summed E-state index contributed by atoms with van der Waals surface area (Å²) in [6.07, 6.45) is 1.44. The number of non-ortho nitro benzene ring substituents is 1. The highest BCUT2D eigenvalue weighted by Gasteiger charge is 2.13. The number of amides is 1. The molecule has 0 saturated carbocycles. The summed E-state index contributed by atoms with van der Waals surface area (Å²) >= 11 is 0. The van der Waals surface area contributed by atoms with Gasteiger partial charge in [-0.05, 0) is 17.7 Å². The van der Waals surface area contributed by atoms with Crippen LogP contribution >= 0.6 is 0 Å². The zero-order valence-electron chi connectivity index (χ0n) is 11.2. The summed E-state index contributed by atoms with van der Waals surface area (Å²) in [6.45, 7) is 0.317. The van der Waals surface area contributed by atoms with Gasteiger partial charge in [0, 0.05) is 12.1 Å². The fourth-order valence-electron chi connectivity index (χ4n) is 1.33. The van der Waals surface area contributed by atoms with Crippen LogP contribution in [-0.2, 0) is 4.79 Å². The molecule has 0 bridgehead atoms. The summed E-state index contributed by atoms with van der Waals surface area (Å²) in [5.41, 5.74) is 3.10. The van der Waals surface area contributed by atoms with Crippen LogP contribution in [0.25, 0.3) is 0 Å². The molecule has 19 heavy (non-hydrogen) atoms. The van der Waals surface area contributed by atoms with Gasteiger partial charge in [-0.15, -0.1) is 0 Å². The van der Waals surface area contributed by atoms with Crippen LogP contribution in [0.2, 0.25) is 0 Å². The quantitative estimate of drug-likeness (QED) is 0.369. The van der Waals surface area contributed by atoms with E-state index in [4.69, 9.17) is 0 Å². The Morgan fingerprint density at radius 2 is 1.95 bits per heavy atom. The van der Waals surface area contributed by atoms with E-state index in [1.807, 2.05) is 21.1 Å². The van der Waals surface area contributed by atoms with E-state index in [2.05, 4.69) is 10.5 Å². The molecule has 0 unspecified atom stereocenters. The highest BCUT2D eigenvalue weighted by atomic mass is 16.6. The number of nitrogens with zero attached hydrogens (tertiary/aromatic N) is 3. The molecule has 0 aliphatic heterocycles. The number of nitro groups is 1. The van der Waals surface area contributed by atoms with Crippen LogP contribution in [-0.4, -0.2) is 49.2 Å². The summed E-state index contributed by atoms with van der Waals surface area (Å²) in [4.78, 5) is 21.5. The number of hydrazone groups is 1. The second-order valence-electron chi connectivity index (χ2n) is 5.09. The van der Waals surface area contributed by atoms with E-state index in [-0.39, 0.29) is 11.6 Å². The lowest BCUT2D eigenvalue weighted by atomic mass is 10.2. The fourth-order valence-corrected chi connectivity index (χ4v) is 1.33. The molecule has 1 N–H and O–H groups in total. The van der Waals surface area contributed by atoms with Crippen molar-refractivity contribution in [1.29, 1.82) is 0 Å². The highest BCUT2D eigenvalue weighted by molar-refractivity contribution is 5.82. The van der Waals surface area contributed by atoms with Crippen LogP contribution in [0.15, 0.2) is 29.4 Å². The van der Waals surface area contributed by atoms with E-state index in [9.17, 15) is 14.9 Å². The van der Waals surface area contributed by atoms with E-state index in [0.717, 1.165) is 0 Å². The molecule has 1 aromatic carbocycles. The van der Waals surface area contributed by atoms with Gasteiger partial charge in [-0.25, -0.2) is 5.43 Å². The molecule has 1 aromatic rings. The lowest BCUT2D eigenvalue weighted by Crippen LogP contribution is -2.43. The van der Waals surface area contributed by atoms with Crippen molar-refractivity contribution in [2.75, 3.05) is 27.7 Å². The Hall–Kier alpha value is -2.28. The third-order valence-electron chi connectivity index (χ3n) is 2.12. The molecule has 0 heterocycles. The molecule has 1 amide bonds. The van der Waals surface area contributed by atoms with E-state index < -0.39 is 4.92 Å². The summed E-state index contributed by atoms with van der Waals surface area (Å²) < 4.78 is 0.513. The molecule has 102 valence electrons. The van der Waals surface area contributed by atoms with Gasteiger partial charge >= 0.3 is 0 Å². The van der Waals surface area contributed by atoms with Crippen molar-refractivity contribution in [2.24, 2.45) is 5.10 Å². The number of carbonyl (C=O) groups is 1. The highest BCUT2D eigenvalue weighted by Crippen LogP contribution is 2.10. The number of benzene rings is 1. The minimum Gasteiger partial charge on any atom is -0.323 e. The third-order valence-corrected chi connectivity index (χ3v) is 2.12. The van der Waals surface area contributed by atoms with E-state index in [1.165, 1.54) is 18.3 Å². The second kappa shape index (κ2) is 6.05. The smallest absolute Gasteiger partial charge is 0.295 e. The summed E-state index contributed by atoms with van der Waals surface area (Å²) in [5, 5.41) is 14.3.